The predicted molar refractivity (Wildman–Crippen MR) is 89.2 cm³/mol. The number of benzene rings is 1. The first-order chi connectivity index (χ1) is 9.04. The average Bonchev–Trinajstić information content (AvgIpc) is 2.34. The van der Waals surface area contributed by atoms with E-state index >= 15 is 0 Å². The van der Waals surface area contributed by atoms with E-state index in [2.05, 4.69) is 19.2 Å². The largest absolute Gasteiger partial charge is 0.389 e. The molecule has 1 aromatic rings. The van der Waals surface area contributed by atoms with Gasteiger partial charge in [-0.25, -0.2) is 0 Å². The van der Waals surface area contributed by atoms with Gasteiger partial charge in [-0.2, -0.15) is 0 Å². The Hall–Kier alpha value is -0.800. The zero-order valence-electron chi connectivity index (χ0n) is 11.7. The van der Waals surface area contributed by atoms with E-state index in [4.69, 9.17) is 29.6 Å². The average molecular weight is 299 g/mol. The van der Waals surface area contributed by atoms with Gasteiger partial charge in [0.05, 0.1) is 0 Å². The van der Waals surface area contributed by atoms with Crippen LogP contribution in [0.5, 0.6) is 0 Å². The van der Waals surface area contributed by atoms with Gasteiger partial charge in [-0.3, -0.25) is 0 Å². The number of rotatable bonds is 8. The number of hydrogen-bond donors (Lipinski definition) is 2. The van der Waals surface area contributed by atoms with Crippen LogP contribution in [0.25, 0.3) is 0 Å². The van der Waals surface area contributed by atoms with Gasteiger partial charge in [0.15, 0.2) is 0 Å². The standard InChI is InChI=1S/C15H23ClN2S/c1-3-4-5-6-7-11(2)18-14-10-12(16)8-9-13(14)15(17)19/h8-11,18H,3-7H2,1-2H3,(H2,17,19). The molecule has 3 N–H and O–H groups in total. The number of anilines is 1. The summed E-state index contributed by atoms with van der Waals surface area (Å²) in [6, 6.07) is 5.96. The second-order valence-electron chi connectivity index (χ2n) is 4.95. The van der Waals surface area contributed by atoms with E-state index in [1.807, 2.05) is 18.2 Å². The minimum atomic E-state index is 0.392. The SMILES string of the molecule is CCCCCCC(C)Nc1cc(Cl)ccc1C(N)=S. The fourth-order valence-corrected chi connectivity index (χ4v) is 2.42. The Labute approximate surface area is 126 Å². The molecule has 0 aliphatic rings. The lowest BCUT2D eigenvalue weighted by Gasteiger charge is -2.18. The van der Waals surface area contributed by atoms with Gasteiger partial charge in [-0.1, -0.05) is 56.4 Å². The van der Waals surface area contributed by atoms with Gasteiger partial charge in [-0.15, -0.1) is 0 Å². The van der Waals surface area contributed by atoms with Crippen LogP contribution in [-0.4, -0.2) is 11.0 Å². The maximum Gasteiger partial charge on any atom is 0.106 e. The molecule has 19 heavy (non-hydrogen) atoms. The maximum atomic E-state index is 6.03. The number of nitrogens with one attached hydrogen (secondary N) is 1. The third-order valence-electron chi connectivity index (χ3n) is 3.14. The second-order valence-corrected chi connectivity index (χ2v) is 5.83. The molecule has 1 aromatic carbocycles. The van der Waals surface area contributed by atoms with E-state index in [1.54, 1.807) is 0 Å². The summed E-state index contributed by atoms with van der Waals surface area (Å²) >= 11 is 11.1. The molecule has 0 bridgehead atoms. The van der Waals surface area contributed by atoms with Gasteiger partial charge >= 0.3 is 0 Å². The number of thiocarbonyl (C=S) groups is 1. The highest BCUT2D eigenvalue weighted by molar-refractivity contribution is 7.80. The first-order valence-electron chi connectivity index (χ1n) is 6.90. The first-order valence-corrected chi connectivity index (χ1v) is 7.69. The van der Waals surface area contributed by atoms with Crippen molar-refractivity contribution in [1.29, 1.82) is 0 Å². The van der Waals surface area contributed by atoms with Crippen LogP contribution in [0.3, 0.4) is 0 Å². The van der Waals surface area contributed by atoms with Crippen molar-refractivity contribution in [1.82, 2.24) is 0 Å². The molecule has 0 saturated carbocycles. The monoisotopic (exact) mass is 298 g/mol. The molecule has 1 atom stereocenters. The summed E-state index contributed by atoms with van der Waals surface area (Å²) in [6.45, 7) is 4.40. The molecule has 4 heteroatoms. The summed E-state index contributed by atoms with van der Waals surface area (Å²) < 4.78 is 0. The van der Waals surface area contributed by atoms with Crippen LogP contribution >= 0.6 is 23.8 Å². The molecule has 0 amide bonds. The minimum Gasteiger partial charge on any atom is -0.389 e. The Morgan fingerprint density at radius 2 is 2.11 bits per heavy atom. The summed E-state index contributed by atoms with van der Waals surface area (Å²) in [5.74, 6) is 0. The normalized spacial score (nSPS) is 12.2. The van der Waals surface area contributed by atoms with Crippen molar-refractivity contribution in [2.75, 3.05) is 5.32 Å². The number of halogens is 1. The van der Waals surface area contributed by atoms with E-state index in [9.17, 15) is 0 Å². The van der Waals surface area contributed by atoms with Crippen LogP contribution in [0.1, 0.15) is 51.5 Å². The van der Waals surface area contributed by atoms with Gasteiger partial charge in [0, 0.05) is 22.3 Å². The molecule has 0 aliphatic carbocycles. The number of unbranched alkanes of at least 4 members (excludes halogenated alkanes) is 3. The van der Waals surface area contributed by atoms with Crippen LogP contribution in [0, 0.1) is 0 Å². The van der Waals surface area contributed by atoms with Gasteiger partial charge in [0.2, 0.25) is 0 Å². The smallest absolute Gasteiger partial charge is 0.106 e. The fraction of sp³-hybridized carbons (Fsp3) is 0.533. The first kappa shape index (κ1) is 16.3. The van der Waals surface area contributed by atoms with Crippen LogP contribution in [0.2, 0.25) is 5.02 Å². The van der Waals surface area contributed by atoms with Crippen LogP contribution in [0.15, 0.2) is 18.2 Å². The van der Waals surface area contributed by atoms with Crippen molar-refractivity contribution in [3.63, 3.8) is 0 Å². The summed E-state index contributed by atoms with van der Waals surface area (Å²) in [7, 11) is 0. The van der Waals surface area contributed by atoms with E-state index in [0.29, 0.717) is 16.1 Å². The Morgan fingerprint density at radius 3 is 2.74 bits per heavy atom. The van der Waals surface area contributed by atoms with Crippen molar-refractivity contribution in [2.45, 2.75) is 52.0 Å². The molecule has 2 nitrogen and oxygen atoms in total. The minimum absolute atomic E-state index is 0.392. The van der Waals surface area contributed by atoms with E-state index in [0.717, 1.165) is 17.7 Å². The van der Waals surface area contributed by atoms with Crippen molar-refractivity contribution >= 4 is 34.5 Å². The second kappa shape index (κ2) is 8.39. The highest BCUT2D eigenvalue weighted by Gasteiger charge is 2.09. The molecular formula is C15H23ClN2S. The zero-order chi connectivity index (χ0) is 14.3. The quantitative estimate of drug-likeness (QED) is 0.537. The summed E-state index contributed by atoms with van der Waals surface area (Å²) in [6.07, 6.45) is 6.25. The highest BCUT2D eigenvalue weighted by Crippen LogP contribution is 2.22. The van der Waals surface area contributed by atoms with Crippen LogP contribution in [-0.2, 0) is 0 Å². The third-order valence-corrected chi connectivity index (χ3v) is 3.59. The Kier molecular flexibility index (Phi) is 7.17. The summed E-state index contributed by atoms with van der Waals surface area (Å²) in [5, 5.41) is 4.15. The molecule has 0 fully saturated rings. The third kappa shape index (κ3) is 5.79. The molecule has 0 aliphatic heterocycles. The van der Waals surface area contributed by atoms with Crippen LogP contribution in [0.4, 0.5) is 5.69 Å². The Balaban J connectivity index is 2.60. The molecule has 1 rings (SSSR count). The van der Waals surface area contributed by atoms with Gasteiger partial charge in [0.1, 0.15) is 4.99 Å². The lowest BCUT2D eigenvalue weighted by atomic mass is 10.1. The van der Waals surface area contributed by atoms with Gasteiger partial charge in [-0.05, 0) is 31.5 Å². The van der Waals surface area contributed by atoms with E-state index in [-0.39, 0.29) is 0 Å². The number of hydrogen-bond acceptors (Lipinski definition) is 2. The molecule has 0 saturated heterocycles. The lowest BCUT2D eigenvalue weighted by molar-refractivity contribution is 0.594. The van der Waals surface area contributed by atoms with E-state index in [1.165, 1.54) is 25.7 Å². The van der Waals surface area contributed by atoms with Crippen molar-refractivity contribution in [3.05, 3.63) is 28.8 Å². The predicted octanol–water partition coefficient (Wildman–Crippen LogP) is 4.75. The topological polar surface area (TPSA) is 38.0 Å². The van der Waals surface area contributed by atoms with E-state index < -0.39 is 0 Å². The molecule has 0 spiro atoms. The lowest BCUT2D eigenvalue weighted by Crippen LogP contribution is -2.19. The molecule has 0 aromatic heterocycles. The molecular weight excluding hydrogens is 276 g/mol. The highest BCUT2D eigenvalue weighted by atomic mass is 35.5. The Bertz CT molecular complexity index is 421. The number of nitrogens with two attached hydrogens (primary N) is 1. The fourth-order valence-electron chi connectivity index (χ4n) is 2.07. The van der Waals surface area contributed by atoms with Crippen molar-refractivity contribution in [2.24, 2.45) is 5.73 Å². The Morgan fingerprint density at radius 1 is 1.37 bits per heavy atom. The molecule has 1 unspecified atom stereocenters. The van der Waals surface area contributed by atoms with Gasteiger partial charge < -0.3 is 11.1 Å². The summed E-state index contributed by atoms with van der Waals surface area (Å²) in [5.41, 5.74) is 7.52. The van der Waals surface area contributed by atoms with Crippen molar-refractivity contribution in [3.8, 4) is 0 Å². The maximum absolute atomic E-state index is 6.03. The zero-order valence-corrected chi connectivity index (χ0v) is 13.3. The molecule has 0 radical (unpaired) electrons. The molecule has 0 heterocycles. The van der Waals surface area contributed by atoms with Gasteiger partial charge in [0.25, 0.3) is 0 Å². The molecule has 106 valence electrons. The summed E-state index contributed by atoms with van der Waals surface area (Å²) in [4.78, 5) is 0.400. The van der Waals surface area contributed by atoms with Crippen LogP contribution < -0.4 is 11.1 Å². The van der Waals surface area contributed by atoms with Crippen molar-refractivity contribution < 1.29 is 0 Å².